The van der Waals surface area contributed by atoms with E-state index in [2.05, 4.69) is 37.9 Å². The fourth-order valence-corrected chi connectivity index (χ4v) is 3.31. The maximum atomic E-state index is 9.45. The minimum Gasteiger partial charge on any atom is -0.508 e. The van der Waals surface area contributed by atoms with Gasteiger partial charge < -0.3 is 14.9 Å². The van der Waals surface area contributed by atoms with E-state index in [0.717, 1.165) is 56.2 Å². The summed E-state index contributed by atoms with van der Waals surface area (Å²) < 4.78 is 1.83. The van der Waals surface area contributed by atoms with Crippen LogP contribution in [0.3, 0.4) is 0 Å². The van der Waals surface area contributed by atoms with Gasteiger partial charge in [-0.3, -0.25) is 0 Å². The van der Waals surface area contributed by atoms with Gasteiger partial charge in [0.2, 0.25) is 0 Å². The minimum atomic E-state index is 0.302. The van der Waals surface area contributed by atoms with E-state index in [4.69, 9.17) is 0 Å². The topological polar surface area (TPSA) is 69.8 Å². The second-order valence-electron chi connectivity index (χ2n) is 6.32. The lowest BCUT2D eigenvalue weighted by atomic mass is 10.2. The van der Waals surface area contributed by atoms with E-state index in [1.165, 1.54) is 0 Å². The molecule has 0 amide bonds. The minimum absolute atomic E-state index is 0.302. The molecule has 0 bridgehead atoms. The van der Waals surface area contributed by atoms with Gasteiger partial charge in [-0.25, -0.2) is 4.98 Å². The van der Waals surface area contributed by atoms with E-state index in [1.807, 2.05) is 16.6 Å². The largest absolute Gasteiger partial charge is 0.508 e. The van der Waals surface area contributed by atoms with Crippen LogP contribution in [0.1, 0.15) is 19.0 Å². The number of benzene rings is 1. The Morgan fingerprint density at radius 3 is 2.48 bits per heavy atom. The van der Waals surface area contributed by atoms with Crippen LogP contribution in [0.4, 0.5) is 11.5 Å². The van der Waals surface area contributed by atoms with E-state index in [0.29, 0.717) is 11.5 Å². The first kappa shape index (κ1) is 15.7. The lowest BCUT2D eigenvalue weighted by Gasteiger charge is -2.37. The fourth-order valence-electron chi connectivity index (χ4n) is 3.31. The summed E-state index contributed by atoms with van der Waals surface area (Å²) in [5.74, 6) is 2.04. The molecule has 0 atom stereocenters. The zero-order valence-corrected chi connectivity index (χ0v) is 14.3. The Morgan fingerprint density at radius 2 is 1.76 bits per heavy atom. The number of phenols is 1. The number of rotatable bonds is 4. The molecular formula is C18H22N6O. The van der Waals surface area contributed by atoms with Crippen LogP contribution in [-0.2, 0) is 6.42 Å². The third-order valence-electron chi connectivity index (χ3n) is 4.61. The average Bonchev–Trinajstić information content (AvgIpc) is 3.11. The van der Waals surface area contributed by atoms with Crippen LogP contribution in [0, 0.1) is 0 Å². The molecule has 1 aliphatic heterocycles. The Bertz CT molecular complexity index is 852. The number of aryl methyl sites for hydroxylation is 1. The Morgan fingerprint density at radius 1 is 1.04 bits per heavy atom. The molecule has 130 valence electrons. The number of hydrogen-bond donors (Lipinski definition) is 1. The summed E-state index contributed by atoms with van der Waals surface area (Å²) in [6.07, 6.45) is 3.57. The highest BCUT2D eigenvalue weighted by atomic mass is 16.3. The van der Waals surface area contributed by atoms with Crippen LogP contribution in [0.15, 0.2) is 36.7 Å². The quantitative estimate of drug-likeness (QED) is 0.786. The molecule has 0 aliphatic carbocycles. The number of aromatic nitrogens is 4. The van der Waals surface area contributed by atoms with Crippen molar-refractivity contribution in [3.8, 4) is 5.75 Å². The van der Waals surface area contributed by atoms with Gasteiger partial charge in [0.1, 0.15) is 17.9 Å². The summed E-state index contributed by atoms with van der Waals surface area (Å²) in [7, 11) is 0. The lowest BCUT2D eigenvalue weighted by molar-refractivity contribution is 0.475. The van der Waals surface area contributed by atoms with Gasteiger partial charge in [0.05, 0.1) is 0 Å². The molecule has 1 aliphatic rings. The average molecular weight is 338 g/mol. The molecule has 2 aromatic heterocycles. The van der Waals surface area contributed by atoms with Gasteiger partial charge in [-0.2, -0.15) is 14.6 Å². The van der Waals surface area contributed by atoms with Crippen LogP contribution < -0.4 is 9.80 Å². The van der Waals surface area contributed by atoms with Gasteiger partial charge in [0.25, 0.3) is 5.78 Å². The highest BCUT2D eigenvalue weighted by molar-refractivity contribution is 5.53. The molecule has 0 unspecified atom stereocenters. The van der Waals surface area contributed by atoms with Crippen molar-refractivity contribution in [2.24, 2.45) is 0 Å². The summed E-state index contributed by atoms with van der Waals surface area (Å²) >= 11 is 0. The highest BCUT2D eigenvalue weighted by Gasteiger charge is 2.21. The Labute approximate surface area is 146 Å². The summed E-state index contributed by atoms with van der Waals surface area (Å²) in [6, 6.07) is 9.54. The molecule has 3 aromatic rings. The molecule has 3 heterocycles. The molecule has 1 aromatic carbocycles. The van der Waals surface area contributed by atoms with Crippen molar-refractivity contribution < 1.29 is 5.11 Å². The predicted molar refractivity (Wildman–Crippen MR) is 97.3 cm³/mol. The van der Waals surface area contributed by atoms with Crippen LogP contribution in [-0.4, -0.2) is 50.9 Å². The molecule has 7 nitrogen and oxygen atoms in total. The van der Waals surface area contributed by atoms with Crippen molar-refractivity contribution in [1.29, 1.82) is 0 Å². The predicted octanol–water partition coefficient (Wildman–Crippen LogP) is 2.11. The third-order valence-corrected chi connectivity index (χ3v) is 4.61. The Kier molecular flexibility index (Phi) is 4.13. The van der Waals surface area contributed by atoms with E-state index in [9.17, 15) is 5.11 Å². The molecule has 7 heteroatoms. The van der Waals surface area contributed by atoms with Crippen molar-refractivity contribution in [2.45, 2.75) is 19.8 Å². The number of piperazine rings is 1. The number of hydrogen-bond acceptors (Lipinski definition) is 6. The number of nitrogens with zero attached hydrogens (tertiary/aromatic N) is 6. The molecule has 0 radical (unpaired) electrons. The molecule has 1 saturated heterocycles. The molecule has 1 N–H and O–H groups in total. The van der Waals surface area contributed by atoms with Crippen molar-refractivity contribution in [3.05, 3.63) is 42.4 Å². The lowest BCUT2D eigenvalue weighted by Crippen LogP contribution is -2.47. The first-order valence-electron chi connectivity index (χ1n) is 8.73. The molecular weight excluding hydrogens is 316 g/mol. The van der Waals surface area contributed by atoms with Gasteiger partial charge in [-0.1, -0.05) is 13.3 Å². The fraction of sp³-hybridized carbons (Fsp3) is 0.389. The van der Waals surface area contributed by atoms with Crippen LogP contribution in [0.25, 0.3) is 5.78 Å². The van der Waals surface area contributed by atoms with Crippen molar-refractivity contribution >= 4 is 17.3 Å². The summed E-state index contributed by atoms with van der Waals surface area (Å²) in [6.45, 7) is 5.82. The monoisotopic (exact) mass is 338 g/mol. The van der Waals surface area contributed by atoms with E-state index in [1.54, 1.807) is 18.5 Å². The van der Waals surface area contributed by atoms with Gasteiger partial charge in [0.15, 0.2) is 0 Å². The molecule has 0 spiro atoms. The molecule has 1 fully saturated rings. The van der Waals surface area contributed by atoms with Gasteiger partial charge in [-0.15, -0.1) is 0 Å². The smallest absolute Gasteiger partial charge is 0.254 e. The van der Waals surface area contributed by atoms with Gasteiger partial charge >= 0.3 is 0 Å². The molecule has 4 rings (SSSR count). The Hall–Kier alpha value is -2.83. The maximum absolute atomic E-state index is 9.45. The zero-order chi connectivity index (χ0) is 17.2. The molecule has 0 saturated carbocycles. The van der Waals surface area contributed by atoms with E-state index < -0.39 is 0 Å². The number of anilines is 2. The second kappa shape index (κ2) is 6.58. The molecule has 25 heavy (non-hydrogen) atoms. The second-order valence-corrected chi connectivity index (χ2v) is 6.32. The number of phenolic OH excluding ortho intramolecular Hbond substituents is 1. The first-order chi connectivity index (χ1) is 12.2. The maximum Gasteiger partial charge on any atom is 0.254 e. The zero-order valence-electron chi connectivity index (χ0n) is 14.3. The third kappa shape index (κ3) is 3.09. The van der Waals surface area contributed by atoms with E-state index >= 15 is 0 Å². The van der Waals surface area contributed by atoms with Crippen LogP contribution >= 0.6 is 0 Å². The summed E-state index contributed by atoms with van der Waals surface area (Å²) in [5, 5.41) is 13.8. The van der Waals surface area contributed by atoms with Gasteiger partial charge in [-0.05, 0) is 30.7 Å². The van der Waals surface area contributed by atoms with Crippen molar-refractivity contribution in [2.75, 3.05) is 36.0 Å². The highest BCUT2D eigenvalue weighted by Crippen LogP contribution is 2.23. The SMILES string of the molecule is CCCc1cc(N2CCN(c3ccc(O)cc3)CC2)n2ncnc2n1. The number of aromatic hydroxyl groups is 1. The van der Waals surface area contributed by atoms with Crippen molar-refractivity contribution in [3.63, 3.8) is 0 Å². The summed E-state index contributed by atoms with van der Waals surface area (Å²) in [4.78, 5) is 13.5. The Balaban J connectivity index is 1.55. The standard InChI is InChI=1S/C18H22N6O/c1-2-3-14-12-17(24-18(21-14)19-13-20-24)23-10-8-22(9-11-23)15-4-6-16(25)7-5-15/h4-7,12-13,25H,2-3,8-11H2,1H3. The van der Waals surface area contributed by atoms with Crippen LogP contribution in [0.5, 0.6) is 5.75 Å². The summed E-state index contributed by atoms with van der Waals surface area (Å²) in [5.41, 5.74) is 2.21. The first-order valence-corrected chi connectivity index (χ1v) is 8.73. The normalized spacial score (nSPS) is 15.1. The van der Waals surface area contributed by atoms with Crippen LogP contribution in [0.2, 0.25) is 0 Å². The van der Waals surface area contributed by atoms with Crippen molar-refractivity contribution in [1.82, 2.24) is 19.6 Å². The number of fused-ring (bicyclic) bond motifs is 1. The van der Waals surface area contributed by atoms with E-state index in [-0.39, 0.29) is 0 Å². The van der Waals surface area contributed by atoms with Gasteiger partial charge in [0, 0.05) is 43.6 Å².